The highest BCUT2D eigenvalue weighted by molar-refractivity contribution is 7.13. The van der Waals surface area contributed by atoms with Crippen molar-refractivity contribution in [3.8, 4) is 10.6 Å². The number of aromatic nitrogens is 1. The topological polar surface area (TPSA) is 38.1 Å². The molecule has 3 aromatic rings. The van der Waals surface area contributed by atoms with Crippen molar-refractivity contribution in [3.63, 3.8) is 0 Å². The molecule has 3 nitrogen and oxygen atoms in total. The van der Waals surface area contributed by atoms with E-state index in [0.717, 1.165) is 34.2 Å². The van der Waals surface area contributed by atoms with Crippen LogP contribution in [-0.4, -0.2) is 4.98 Å². The van der Waals surface area contributed by atoms with Crippen molar-refractivity contribution < 1.29 is 4.42 Å². The van der Waals surface area contributed by atoms with Crippen molar-refractivity contribution in [2.24, 2.45) is 0 Å². The van der Waals surface area contributed by atoms with Crippen LogP contribution in [0.3, 0.4) is 0 Å². The molecule has 102 valence electrons. The second-order valence-electron chi connectivity index (χ2n) is 4.49. The summed E-state index contributed by atoms with van der Waals surface area (Å²) in [6, 6.07) is 12.4. The summed E-state index contributed by atoms with van der Waals surface area (Å²) in [7, 11) is 0. The van der Waals surface area contributed by atoms with Gasteiger partial charge < -0.3 is 9.73 Å². The van der Waals surface area contributed by atoms with Crippen LogP contribution in [0, 0.1) is 0 Å². The minimum atomic E-state index is 0.705. The number of furan rings is 1. The molecule has 0 spiro atoms. The van der Waals surface area contributed by atoms with Crippen molar-refractivity contribution in [2.45, 2.75) is 19.9 Å². The summed E-state index contributed by atoms with van der Waals surface area (Å²) in [5, 5.41) is 6.40. The Balaban J connectivity index is 1.63. The average molecular weight is 284 g/mol. The molecule has 20 heavy (non-hydrogen) atoms. The third kappa shape index (κ3) is 2.91. The number of rotatable bonds is 5. The van der Waals surface area contributed by atoms with Crippen LogP contribution >= 0.6 is 11.3 Å². The standard InChI is InChI=1S/C16H16N2OS/c1-2-14-7-8-15(19-14)11-18-13-5-3-12(4-6-13)16-17-9-10-20-16/h3-10,18H,2,11H2,1H3. The van der Waals surface area contributed by atoms with Crippen LogP contribution in [0.25, 0.3) is 10.6 Å². The molecule has 0 saturated carbocycles. The predicted molar refractivity (Wildman–Crippen MR) is 83.0 cm³/mol. The Kier molecular flexibility index (Phi) is 3.83. The molecule has 4 heteroatoms. The van der Waals surface area contributed by atoms with Crippen molar-refractivity contribution >= 4 is 17.0 Å². The van der Waals surface area contributed by atoms with Crippen molar-refractivity contribution in [2.75, 3.05) is 5.32 Å². The van der Waals surface area contributed by atoms with Gasteiger partial charge in [0.1, 0.15) is 16.5 Å². The fraction of sp³-hybridized carbons (Fsp3) is 0.188. The van der Waals surface area contributed by atoms with Crippen LogP contribution in [-0.2, 0) is 13.0 Å². The number of nitrogens with one attached hydrogen (secondary N) is 1. The summed E-state index contributed by atoms with van der Waals surface area (Å²) in [5.74, 6) is 1.99. The highest BCUT2D eigenvalue weighted by Gasteiger charge is 2.02. The van der Waals surface area contributed by atoms with Crippen LogP contribution in [0.4, 0.5) is 5.69 Å². The summed E-state index contributed by atoms with van der Waals surface area (Å²) in [4.78, 5) is 4.30. The van der Waals surface area contributed by atoms with Gasteiger partial charge >= 0.3 is 0 Å². The van der Waals surface area contributed by atoms with Gasteiger partial charge in [-0.3, -0.25) is 0 Å². The Morgan fingerprint density at radius 1 is 1.10 bits per heavy atom. The first-order chi connectivity index (χ1) is 9.85. The van der Waals surface area contributed by atoms with Gasteiger partial charge in [-0.2, -0.15) is 0 Å². The van der Waals surface area contributed by atoms with Gasteiger partial charge in [0, 0.05) is 29.2 Å². The molecule has 0 radical (unpaired) electrons. The molecular weight excluding hydrogens is 268 g/mol. The molecule has 2 heterocycles. The summed E-state index contributed by atoms with van der Waals surface area (Å²) >= 11 is 1.65. The summed E-state index contributed by atoms with van der Waals surface area (Å²) in [6.45, 7) is 2.80. The SMILES string of the molecule is CCc1ccc(CNc2ccc(-c3nccs3)cc2)o1. The smallest absolute Gasteiger partial charge is 0.123 e. The van der Waals surface area contributed by atoms with E-state index in [2.05, 4.69) is 41.5 Å². The van der Waals surface area contributed by atoms with Crippen molar-refractivity contribution in [1.82, 2.24) is 4.98 Å². The maximum absolute atomic E-state index is 5.67. The van der Waals surface area contributed by atoms with Gasteiger partial charge in [-0.25, -0.2) is 4.98 Å². The second-order valence-corrected chi connectivity index (χ2v) is 5.38. The molecule has 0 amide bonds. The number of anilines is 1. The zero-order chi connectivity index (χ0) is 13.8. The number of hydrogen-bond donors (Lipinski definition) is 1. The second kappa shape index (κ2) is 5.92. The van der Waals surface area contributed by atoms with E-state index in [9.17, 15) is 0 Å². The van der Waals surface area contributed by atoms with E-state index in [1.54, 1.807) is 11.3 Å². The van der Waals surface area contributed by atoms with Gasteiger partial charge in [0.15, 0.2) is 0 Å². The van der Waals surface area contributed by atoms with Gasteiger partial charge in [0.05, 0.1) is 6.54 Å². The molecule has 1 N–H and O–H groups in total. The Labute approximate surface area is 122 Å². The van der Waals surface area contributed by atoms with Crippen molar-refractivity contribution in [1.29, 1.82) is 0 Å². The van der Waals surface area contributed by atoms with Crippen LogP contribution in [0.1, 0.15) is 18.4 Å². The quantitative estimate of drug-likeness (QED) is 0.745. The van der Waals surface area contributed by atoms with E-state index in [4.69, 9.17) is 4.42 Å². The van der Waals surface area contributed by atoms with E-state index in [-0.39, 0.29) is 0 Å². The minimum absolute atomic E-state index is 0.705. The lowest BCUT2D eigenvalue weighted by Crippen LogP contribution is -1.97. The molecule has 0 aliphatic rings. The number of thiazole rings is 1. The molecule has 0 atom stereocenters. The largest absolute Gasteiger partial charge is 0.464 e. The molecular formula is C16H16N2OS. The van der Waals surface area contributed by atoms with E-state index in [1.807, 2.05) is 23.7 Å². The van der Waals surface area contributed by atoms with Gasteiger partial charge in [0.2, 0.25) is 0 Å². The summed E-state index contributed by atoms with van der Waals surface area (Å²) in [5.41, 5.74) is 2.23. The molecule has 0 unspecified atom stereocenters. The number of aryl methyl sites for hydroxylation is 1. The monoisotopic (exact) mass is 284 g/mol. The van der Waals surface area contributed by atoms with E-state index >= 15 is 0 Å². The Hall–Kier alpha value is -2.07. The number of hydrogen-bond acceptors (Lipinski definition) is 4. The molecule has 2 aromatic heterocycles. The molecule has 0 bridgehead atoms. The van der Waals surface area contributed by atoms with Crippen LogP contribution in [0.5, 0.6) is 0 Å². The Morgan fingerprint density at radius 2 is 1.90 bits per heavy atom. The lowest BCUT2D eigenvalue weighted by atomic mass is 10.2. The van der Waals surface area contributed by atoms with E-state index in [1.165, 1.54) is 0 Å². The van der Waals surface area contributed by atoms with E-state index in [0.29, 0.717) is 6.54 Å². The number of benzene rings is 1. The minimum Gasteiger partial charge on any atom is -0.464 e. The van der Waals surface area contributed by atoms with Crippen LogP contribution in [0.15, 0.2) is 52.4 Å². The fourth-order valence-electron chi connectivity index (χ4n) is 1.99. The molecule has 0 fully saturated rings. The third-order valence-electron chi connectivity index (χ3n) is 3.10. The lowest BCUT2D eigenvalue weighted by molar-refractivity contribution is 0.476. The van der Waals surface area contributed by atoms with Crippen molar-refractivity contribution in [3.05, 3.63) is 59.5 Å². The van der Waals surface area contributed by atoms with Crippen LogP contribution < -0.4 is 5.32 Å². The highest BCUT2D eigenvalue weighted by Crippen LogP contribution is 2.23. The van der Waals surface area contributed by atoms with Gasteiger partial charge in [0.25, 0.3) is 0 Å². The number of nitrogens with zero attached hydrogens (tertiary/aromatic N) is 1. The van der Waals surface area contributed by atoms with E-state index < -0.39 is 0 Å². The predicted octanol–water partition coefficient (Wildman–Crippen LogP) is 4.58. The highest BCUT2D eigenvalue weighted by atomic mass is 32.1. The van der Waals surface area contributed by atoms with Crippen LogP contribution in [0.2, 0.25) is 0 Å². The Morgan fingerprint density at radius 3 is 2.55 bits per heavy atom. The summed E-state index contributed by atoms with van der Waals surface area (Å²) < 4.78 is 5.67. The first kappa shape index (κ1) is 12.9. The maximum Gasteiger partial charge on any atom is 0.123 e. The zero-order valence-corrected chi connectivity index (χ0v) is 12.1. The van der Waals surface area contributed by atoms with Gasteiger partial charge in [-0.15, -0.1) is 11.3 Å². The first-order valence-corrected chi connectivity index (χ1v) is 7.54. The Bertz CT molecular complexity index is 656. The molecule has 0 saturated heterocycles. The lowest BCUT2D eigenvalue weighted by Gasteiger charge is -2.05. The average Bonchev–Trinajstić information content (AvgIpc) is 3.17. The normalized spacial score (nSPS) is 10.7. The van der Waals surface area contributed by atoms with Gasteiger partial charge in [-0.1, -0.05) is 6.92 Å². The molecule has 0 aliphatic carbocycles. The summed E-state index contributed by atoms with van der Waals surface area (Å²) in [6.07, 6.45) is 2.76. The fourth-order valence-corrected chi connectivity index (χ4v) is 2.64. The molecule has 3 rings (SSSR count). The third-order valence-corrected chi connectivity index (χ3v) is 3.92. The molecule has 1 aromatic carbocycles. The zero-order valence-electron chi connectivity index (χ0n) is 11.3. The maximum atomic E-state index is 5.67. The molecule has 0 aliphatic heterocycles. The van der Waals surface area contributed by atoms with Gasteiger partial charge in [-0.05, 0) is 36.4 Å². The first-order valence-electron chi connectivity index (χ1n) is 6.66.